The lowest BCUT2D eigenvalue weighted by Crippen LogP contribution is -2.10. The molecule has 1 nitrogen and oxygen atoms in total. The molecule has 0 amide bonds. The van der Waals surface area contributed by atoms with Crippen LogP contribution in [0.5, 0.6) is 0 Å². The topological polar surface area (TPSA) is 17.1 Å². The number of rotatable bonds is 1. The zero-order chi connectivity index (χ0) is 12.5. The summed E-state index contributed by atoms with van der Waals surface area (Å²) in [5.41, 5.74) is 2.80. The number of fused-ring (bicyclic) bond motifs is 1. The van der Waals surface area contributed by atoms with Crippen LogP contribution in [0.1, 0.15) is 15.9 Å². The first-order valence-corrected chi connectivity index (χ1v) is 8.11. The van der Waals surface area contributed by atoms with E-state index in [4.69, 9.17) is 0 Å². The van der Waals surface area contributed by atoms with Crippen LogP contribution >= 0.6 is 39.0 Å². The lowest BCUT2D eigenvalue weighted by molar-refractivity contribution is 0.103. The van der Waals surface area contributed by atoms with E-state index in [2.05, 4.69) is 15.9 Å². The summed E-state index contributed by atoms with van der Waals surface area (Å²) < 4.78 is 2.18. The summed E-state index contributed by atoms with van der Waals surface area (Å²) in [5, 5.41) is 1.98. The van der Waals surface area contributed by atoms with E-state index in [1.54, 1.807) is 23.1 Å². The number of thioether (sulfide) groups is 1. The van der Waals surface area contributed by atoms with Crippen LogP contribution in [0.4, 0.5) is 0 Å². The highest BCUT2D eigenvalue weighted by atomic mass is 79.9. The standard InChI is InChI=1S/C14H9BrOS2/c15-11-3-1-2-9(7-11)6-10-8-18-14-12(13(10)16)4-5-17-14/h1-7H,8H2/b10-6+. The fourth-order valence-electron chi connectivity index (χ4n) is 1.86. The molecule has 0 radical (unpaired) electrons. The highest BCUT2D eigenvalue weighted by molar-refractivity contribution is 9.10. The summed E-state index contributed by atoms with van der Waals surface area (Å²) >= 11 is 6.84. The van der Waals surface area contributed by atoms with Gasteiger partial charge < -0.3 is 0 Å². The molecule has 0 atom stereocenters. The Morgan fingerprint density at radius 3 is 3.00 bits per heavy atom. The Morgan fingerprint density at radius 1 is 1.28 bits per heavy atom. The maximum Gasteiger partial charge on any atom is 0.191 e. The number of Topliss-reactive ketones (excluding diaryl/α,β-unsaturated/α-hetero) is 1. The molecule has 0 fully saturated rings. The van der Waals surface area contributed by atoms with Crippen LogP contribution in [0, 0.1) is 0 Å². The average molecular weight is 337 g/mol. The van der Waals surface area contributed by atoms with Crippen molar-refractivity contribution in [3.63, 3.8) is 0 Å². The van der Waals surface area contributed by atoms with Crippen molar-refractivity contribution in [1.82, 2.24) is 0 Å². The van der Waals surface area contributed by atoms with Gasteiger partial charge in [-0.1, -0.05) is 28.1 Å². The third-order valence-corrected chi connectivity index (χ3v) is 5.49. The van der Waals surface area contributed by atoms with Crippen LogP contribution in [0.2, 0.25) is 0 Å². The van der Waals surface area contributed by atoms with E-state index in [1.807, 2.05) is 41.8 Å². The second-order valence-corrected chi connectivity index (χ2v) is 7.04. The summed E-state index contributed by atoms with van der Waals surface area (Å²) in [5.74, 6) is 0.934. The van der Waals surface area contributed by atoms with Crippen LogP contribution in [-0.4, -0.2) is 11.5 Å². The maximum atomic E-state index is 12.3. The highest BCUT2D eigenvalue weighted by Crippen LogP contribution is 2.37. The van der Waals surface area contributed by atoms with Gasteiger partial charge in [0.15, 0.2) is 5.78 Å². The fraction of sp³-hybridized carbons (Fsp3) is 0.0714. The van der Waals surface area contributed by atoms with Gasteiger partial charge in [0.05, 0.1) is 4.21 Å². The van der Waals surface area contributed by atoms with E-state index in [1.165, 1.54) is 0 Å². The zero-order valence-electron chi connectivity index (χ0n) is 9.35. The van der Waals surface area contributed by atoms with Gasteiger partial charge in [-0.25, -0.2) is 0 Å². The predicted molar refractivity (Wildman–Crippen MR) is 81.5 cm³/mol. The minimum atomic E-state index is 0.171. The van der Waals surface area contributed by atoms with E-state index in [0.29, 0.717) is 0 Å². The number of ketones is 1. The Hall–Kier alpha value is -0.840. The molecule has 3 rings (SSSR count). The molecule has 2 aromatic rings. The molecule has 1 aliphatic rings. The predicted octanol–water partition coefficient (Wildman–Crippen LogP) is 4.88. The molecule has 0 bridgehead atoms. The van der Waals surface area contributed by atoms with Gasteiger partial charge in [-0.15, -0.1) is 23.1 Å². The number of halogens is 1. The molecule has 18 heavy (non-hydrogen) atoms. The Bertz CT molecular complexity index is 643. The molecule has 0 spiro atoms. The highest BCUT2D eigenvalue weighted by Gasteiger charge is 2.23. The largest absolute Gasteiger partial charge is 0.289 e. The molecule has 1 aromatic carbocycles. The Morgan fingerprint density at radius 2 is 2.17 bits per heavy atom. The third-order valence-electron chi connectivity index (χ3n) is 2.71. The Labute approximate surface area is 122 Å². The minimum Gasteiger partial charge on any atom is -0.289 e. The Kier molecular flexibility index (Phi) is 3.41. The second kappa shape index (κ2) is 5.03. The average Bonchev–Trinajstić information content (AvgIpc) is 2.82. The van der Waals surface area contributed by atoms with Crippen molar-refractivity contribution in [2.24, 2.45) is 0 Å². The summed E-state index contributed by atoms with van der Waals surface area (Å²) in [7, 11) is 0. The minimum absolute atomic E-state index is 0.171. The molecule has 1 aliphatic heterocycles. The van der Waals surface area contributed by atoms with Gasteiger partial charge in [-0.05, 0) is 35.2 Å². The zero-order valence-corrected chi connectivity index (χ0v) is 12.6. The van der Waals surface area contributed by atoms with Crippen molar-refractivity contribution < 1.29 is 4.79 Å². The van der Waals surface area contributed by atoms with Crippen LogP contribution in [0.25, 0.3) is 6.08 Å². The first-order valence-electron chi connectivity index (χ1n) is 5.45. The fourth-order valence-corrected chi connectivity index (χ4v) is 4.33. The monoisotopic (exact) mass is 336 g/mol. The molecule has 0 saturated carbocycles. The van der Waals surface area contributed by atoms with E-state index < -0.39 is 0 Å². The lowest BCUT2D eigenvalue weighted by Gasteiger charge is -2.13. The molecular weight excluding hydrogens is 328 g/mol. The molecule has 0 saturated heterocycles. The van der Waals surface area contributed by atoms with E-state index in [9.17, 15) is 4.79 Å². The van der Waals surface area contributed by atoms with Crippen LogP contribution in [-0.2, 0) is 0 Å². The summed E-state index contributed by atoms with van der Waals surface area (Å²) in [6.45, 7) is 0. The molecule has 0 aliphatic carbocycles. The quantitative estimate of drug-likeness (QED) is 0.690. The first kappa shape index (κ1) is 12.2. The van der Waals surface area contributed by atoms with Gasteiger partial charge >= 0.3 is 0 Å². The van der Waals surface area contributed by atoms with Crippen LogP contribution in [0.3, 0.4) is 0 Å². The maximum absolute atomic E-state index is 12.3. The molecule has 4 heteroatoms. The van der Waals surface area contributed by atoms with Gasteiger partial charge in [0.25, 0.3) is 0 Å². The van der Waals surface area contributed by atoms with Gasteiger partial charge in [0.1, 0.15) is 0 Å². The number of carbonyl (C=O) groups excluding carboxylic acids is 1. The third kappa shape index (κ3) is 2.32. The summed E-state index contributed by atoms with van der Waals surface area (Å²) in [4.78, 5) is 12.3. The van der Waals surface area contributed by atoms with Gasteiger partial charge in [-0.3, -0.25) is 4.79 Å². The molecule has 90 valence electrons. The lowest BCUT2D eigenvalue weighted by atomic mass is 10.0. The smallest absolute Gasteiger partial charge is 0.191 e. The van der Waals surface area contributed by atoms with Crippen molar-refractivity contribution >= 4 is 50.9 Å². The number of hydrogen-bond donors (Lipinski definition) is 0. The molecule has 1 aromatic heterocycles. The summed E-state index contributed by atoms with van der Waals surface area (Å²) in [6.07, 6.45) is 1.99. The summed E-state index contributed by atoms with van der Waals surface area (Å²) in [6, 6.07) is 9.92. The van der Waals surface area contributed by atoms with Gasteiger partial charge in [0, 0.05) is 21.4 Å². The van der Waals surface area contributed by atoms with Crippen molar-refractivity contribution in [2.75, 3.05) is 5.75 Å². The molecule has 0 unspecified atom stereocenters. The van der Waals surface area contributed by atoms with Gasteiger partial charge in [0.2, 0.25) is 0 Å². The van der Waals surface area contributed by atoms with E-state index in [0.717, 1.165) is 31.1 Å². The normalized spacial score (nSPS) is 16.9. The van der Waals surface area contributed by atoms with Crippen molar-refractivity contribution in [3.05, 3.63) is 56.9 Å². The molecule has 2 heterocycles. The van der Waals surface area contributed by atoms with E-state index >= 15 is 0 Å². The van der Waals surface area contributed by atoms with Crippen molar-refractivity contribution in [1.29, 1.82) is 0 Å². The number of thiophene rings is 1. The number of benzene rings is 1. The number of hydrogen-bond acceptors (Lipinski definition) is 3. The van der Waals surface area contributed by atoms with Crippen LogP contribution < -0.4 is 0 Å². The van der Waals surface area contributed by atoms with Crippen LogP contribution in [0.15, 0.2) is 50.0 Å². The van der Waals surface area contributed by atoms with Gasteiger partial charge in [-0.2, -0.15) is 0 Å². The first-order chi connectivity index (χ1) is 8.74. The Balaban J connectivity index is 1.97. The SMILES string of the molecule is O=C1/C(=C/c2cccc(Br)c2)CSc2sccc21. The number of carbonyl (C=O) groups is 1. The molecular formula is C14H9BrOS2. The second-order valence-electron chi connectivity index (χ2n) is 3.96. The van der Waals surface area contributed by atoms with Crippen molar-refractivity contribution in [3.8, 4) is 0 Å². The van der Waals surface area contributed by atoms with Crippen molar-refractivity contribution in [2.45, 2.75) is 4.21 Å². The van der Waals surface area contributed by atoms with E-state index in [-0.39, 0.29) is 5.78 Å². The molecule has 0 N–H and O–H groups in total.